The molecule has 0 N–H and O–H groups in total. The van der Waals surface area contributed by atoms with Crippen molar-refractivity contribution in [3.8, 4) is 50.2 Å². The van der Waals surface area contributed by atoms with Crippen molar-refractivity contribution in [3.05, 3.63) is 188 Å². The molecule has 50 heavy (non-hydrogen) atoms. The van der Waals surface area contributed by atoms with Gasteiger partial charge in [0.15, 0.2) is 0 Å². The van der Waals surface area contributed by atoms with Crippen molar-refractivity contribution in [2.45, 2.75) is 0 Å². The molecule has 10 aromatic rings. The Balaban J connectivity index is 1.10. The van der Waals surface area contributed by atoms with Gasteiger partial charge < -0.3 is 8.98 Å². The Hall–Kier alpha value is -6.64. The molecule has 0 bridgehead atoms. The first-order chi connectivity index (χ1) is 24.8. The van der Waals surface area contributed by atoms with E-state index in [-0.39, 0.29) is 0 Å². The molecule has 0 aliphatic carbocycles. The quantitative estimate of drug-likeness (QED) is 0.184. The van der Waals surface area contributed by atoms with Crippen LogP contribution in [0.3, 0.4) is 0 Å². The maximum absolute atomic E-state index is 6.28. The second-order valence-corrected chi connectivity index (χ2v) is 12.9. The summed E-state index contributed by atoms with van der Waals surface area (Å²) >= 11 is 0. The largest absolute Gasteiger partial charge is 0.456 e. The van der Waals surface area contributed by atoms with Gasteiger partial charge in [0.25, 0.3) is 0 Å². The standard InChI is InChI=1S/C48H31NO/c1-3-12-32(13-4-1)35-22-25-46-41(29-35)40-19-8-10-21-45(40)49(46)44-20-9-7-18-39(44)38-17-11-16-34(28-38)37-24-27-48-43(31-37)42-30-36(23-26-47(42)50-48)33-14-5-2-6-15-33/h1-31H. The number of rotatable bonds is 5. The number of nitrogens with zero attached hydrogens (tertiary/aromatic N) is 1. The molecule has 0 amide bonds. The van der Waals surface area contributed by atoms with Crippen molar-refractivity contribution in [2.75, 3.05) is 0 Å². The topological polar surface area (TPSA) is 18.1 Å². The van der Waals surface area contributed by atoms with Crippen molar-refractivity contribution < 1.29 is 4.42 Å². The lowest BCUT2D eigenvalue weighted by Crippen LogP contribution is -1.97. The fourth-order valence-electron chi connectivity index (χ4n) is 7.59. The fourth-order valence-corrected chi connectivity index (χ4v) is 7.59. The van der Waals surface area contributed by atoms with Crippen LogP contribution in [-0.2, 0) is 0 Å². The minimum atomic E-state index is 0.900. The van der Waals surface area contributed by atoms with Gasteiger partial charge in [-0.2, -0.15) is 0 Å². The highest BCUT2D eigenvalue weighted by atomic mass is 16.3. The average molecular weight is 638 g/mol. The SMILES string of the molecule is c1ccc(-c2ccc3oc4ccc(-c5cccc(-c6ccccc6-n6c7ccccc7c7cc(-c8ccccc8)ccc76)c5)cc4c3c2)cc1. The number of hydrogen-bond acceptors (Lipinski definition) is 1. The number of hydrogen-bond donors (Lipinski definition) is 0. The summed E-state index contributed by atoms with van der Waals surface area (Å²) in [5.74, 6) is 0. The Morgan fingerprint density at radius 3 is 1.52 bits per heavy atom. The molecule has 0 unspecified atom stereocenters. The predicted octanol–water partition coefficient (Wildman–Crippen LogP) is 13.4. The minimum Gasteiger partial charge on any atom is -0.456 e. The first-order valence-electron chi connectivity index (χ1n) is 17.1. The van der Waals surface area contributed by atoms with Crippen LogP contribution in [0.2, 0.25) is 0 Å². The van der Waals surface area contributed by atoms with Crippen LogP contribution in [0, 0.1) is 0 Å². The minimum absolute atomic E-state index is 0.900. The summed E-state index contributed by atoms with van der Waals surface area (Å²) in [6.45, 7) is 0. The Labute approximate surface area is 290 Å². The highest BCUT2D eigenvalue weighted by Crippen LogP contribution is 2.40. The van der Waals surface area contributed by atoms with E-state index in [1.54, 1.807) is 0 Å². The lowest BCUT2D eigenvalue weighted by Gasteiger charge is -2.15. The van der Waals surface area contributed by atoms with Gasteiger partial charge in [-0.1, -0.05) is 133 Å². The molecule has 2 heteroatoms. The Morgan fingerprint density at radius 2 is 0.800 bits per heavy atom. The Bertz CT molecular complexity index is 2860. The zero-order valence-electron chi connectivity index (χ0n) is 27.3. The summed E-state index contributed by atoms with van der Waals surface area (Å²) in [6, 6.07) is 67.5. The second-order valence-electron chi connectivity index (χ2n) is 12.9. The molecular weight excluding hydrogens is 607 g/mol. The summed E-state index contributed by atoms with van der Waals surface area (Å²) in [4.78, 5) is 0. The Kier molecular flexibility index (Phi) is 6.53. The van der Waals surface area contributed by atoms with Gasteiger partial charge in [0.1, 0.15) is 11.2 Å². The van der Waals surface area contributed by atoms with Crippen LogP contribution in [0.15, 0.2) is 192 Å². The number of aromatic nitrogens is 1. The number of fused-ring (bicyclic) bond motifs is 6. The maximum Gasteiger partial charge on any atom is 0.135 e. The third kappa shape index (κ3) is 4.65. The average Bonchev–Trinajstić information content (AvgIpc) is 3.73. The van der Waals surface area contributed by atoms with E-state index in [0.717, 1.165) is 33.2 Å². The third-order valence-electron chi connectivity index (χ3n) is 10.0. The smallest absolute Gasteiger partial charge is 0.135 e. The van der Waals surface area contributed by atoms with Crippen LogP contribution in [-0.4, -0.2) is 4.57 Å². The molecule has 0 saturated carbocycles. The van der Waals surface area contributed by atoms with Gasteiger partial charge in [0, 0.05) is 27.1 Å². The van der Waals surface area contributed by atoms with Crippen LogP contribution in [0.4, 0.5) is 0 Å². The van der Waals surface area contributed by atoms with Crippen LogP contribution < -0.4 is 0 Å². The maximum atomic E-state index is 6.28. The van der Waals surface area contributed by atoms with Gasteiger partial charge in [0.2, 0.25) is 0 Å². The summed E-state index contributed by atoms with van der Waals surface area (Å²) in [5, 5.41) is 4.76. The molecule has 0 radical (unpaired) electrons. The van der Waals surface area contributed by atoms with E-state index < -0.39 is 0 Å². The van der Waals surface area contributed by atoms with Crippen molar-refractivity contribution in [3.63, 3.8) is 0 Å². The molecule has 234 valence electrons. The summed E-state index contributed by atoms with van der Waals surface area (Å²) < 4.78 is 8.71. The van der Waals surface area contributed by atoms with Gasteiger partial charge in [-0.3, -0.25) is 0 Å². The van der Waals surface area contributed by atoms with Crippen molar-refractivity contribution in [1.82, 2.24) is 4.57 Å². The van der Waals surface area contributed by atoms with E-state index in [0.29, 0.717) is 0 Å². The van der Waals surface area contributed by atoms with Gasteiger partial charge in [0.05, 0.1) is 16.7 Å². The molecule has 0 spiro atoms. The van der Waals surface area contributed by atoms with Gasteiger partial charge in [-0.15, -0.1) is 0 Å². The molecule has 2 aromatic heterocycles. The summed E-state index contributed by atoms with van der Waals surface area (Å²) in [6.07, 6.45) is 0. The molecule has 0 atom stereocenters. The van der Waals surface area contributed by atoms with Crippen LogP contribution in [0.1, 0.15) is 0 Å². The number of para-hydroxylation sites is 2. The van der Waals surface area contributed by atoms with E-state index in [1.165, 1.54) is 60.8 Å². The lowest BCUT2D eigenvalue weighted by atomic mass is 9.96. The van der Waals surface area contributed by atoms with Gasteiger partial charge >= 0.3 is 0 Å². The van der Waals surface area contributed by atoms with Crippen molar-refractivity contribution in [1.29, 1.82) is 0 Å². The lowest BCUT2D eigenvalue weighted by molar-refractivity contribution is 0.669. The molecule has 0 aliphatic heterocycles. The molecule has 2 heterocycles. The predicted molar refractivity (Wildman–Crippen MR) is 210 cm³/mol. The molecule has 10 rings (SSSR count). The van der Waals surface area contributed by atoms with Crippen molar-refractivity contribution >= 4 is 43.7 Å². The molecule has 2 nitrogen and oxygen atoms in total. The number of furan rings is 1. The second kappa shape index (κ2) is 11.5. The van der Waals surface area contributed by atoms with Gasteiger partial charge in [-0.05, 0) is 93.5 Å². The molecular formula is C48H31NO. The highest BCUT2D eigenvalue weighted by Gasteiger charge is 2.17. The first kappa shape index (κ1) is 28.4. The van der Waals surface area contributed by atoms with Crippen molar-refractivity contribution in [2.24, 2.45) is 0 Å². The fraction of sp³-hybridized carbons (Fsp3) is 0. The Morgan fingerprint density at radius 1 is 0.300 bits per heavy atom. The zero-order valence-corrected chi connectivity index (χ0v) is 27.3. The highest BCUT2D eigenvalue weighted by molar-refractivity contribution is 6.11. The normalized spacial score (nSPS) is 11.6. The van der Waals surface area contributed by atoms with E-state index in [2.05, 4.69) is 193 Å². The van der Waals surface area contributed by atoms with Crippen LogP contribution in [0.5, 0.6) is 0 Å². The molecule has 0 saturated heterocycles. The molecule has 8 aromatic carbocycles. The first-order valence-corrected chi connectivity index (χ1v) is 17.1. The molecule has 0 aliphatic rings. The summed E-state index contributed by atoms with van der Waals surface area (Å²) in [5.41, 5.74) is 14.9. The summed E-state index contributed by atoms with van der Waals surface area (Å²) in [7, 11) is 0. The van der Waals surface area contributed by atoms with E-state index >= 15 is 0 Å². The van der Waals surface area contributed by atoms with E-state index in [9.17, 15) is 0 Å². The van der Waals surface area contributed by atoms with Crippen LogP contribution in [0.25, 0.3) is 93.9 Å². The third-order valence-corrected chi connectivity index (χ3v) is 10.0. The number of benzene rings is 8. The van der Waals surface area contributed by atoms with Crippen LogP contribution >= 0.6 is 0 Å². The van der Waals surface area contributed by atoms with E-state index in [1.807, 2.05) is 0 Å². The van der Waals surface area contributed by atoms with E-state index in [4.69, 9.17) is 4.42 Å². The molecule has 0 fully saturated rings. The monoisotopic (exact) mass is 637 g/mol. The zero-order chi connectivity index (χ0) is 33.0. The van der Waals surface area contributed by atoms with Gasteiger partial charge in [-0.25, -0.2) is 0 Å².